The maximum atomic E-state index is 10.7. The van der Waals surface area contributed by atoms with Crippen LogP contribution in [0.15, 0.2) is 24.3 Å². The zero-order valence-electron chi connectivity index (χ0n) is 12.0. The van der Waals surface area contributed by atoms with Gasteiger partial charge in [-0.1, -0.05) is 6.42 Å². The molecule has 20 heavy (non-hydrogen) atoms. The van der Waals surface area contributed by atoms with Gasteiger partial charge in [-0.3, -0.25) is 10.0 Å². The van der Waals surface area contributed by atoms with Crippen molar-refractivity contribution < 1.29 is 19.8 Å². The van der Waals surface area contributed by atoms with E-state index in [0.717, 1.165) is 18.5 Å². The van der Waals surface area contributed by atoms with E-state index in [-0.39, 0.29) is 5.91 Å². The minimum Gasteiger partial charge on any atom is -0.378 e. The molecule has 0 heterocycles. The van der Waals surface area contributed by atoms with Crippen LogP contribution in [0.1, 0.15) is 25.7 Å². The highest BCUT2D eigenvalue weighted by Crippen LogP contribution is 2.17. The summed E-state index contributed by atoms with van der Waals surface area (Å²) in [6, 6.07) is 7.60. The van der Waals surface area contributed by atoms with E-state index >= 15 is 0 Å². The van der Waals surface area contributed by atoms with Crippen molar-refractivity contribution in [2.24, 2.45) is 0 Å². The van der Waals surface area contributed by atoms with E-state index in [2.05, 4.69) is 0 Å². The van der Waals surface area contributed by atoms with Crippen LogP contribution in [0.3, 0.4) is 0 Å². The summed E-state index contributed by atoms with van der Waals surface area (Å²) in [6.07, 6.45) is 2.68. The number of nitrogens with one attached hydrogen (secondary N) is 1. The van der Waals surface area contributed by atoms with Crippen LogP contribution >= 0.6 is 0 Å². The molecular weight excluding hydrogens is 260 g/mol. The predicted octanol–water partition coefficient (Wildman–Crippen LogP) is 2.13. The Morgan fingerprint density at radius 2 is 1.90 bits per heavy atom. The molecule has 0 aromatic heterocycles. The fraction of sp³-hybridized carbons (Fsp3) is 0.500. The number of amides is 1. The Morgan fingerprint density at radius 3 is 2.50 bits per heavy atom. The lowest BCUT2D eigenvalue weighted by atomic mass is 10.2. The van der Waals surface area contributed by atoms with Crippen LogP contribution in [0.5, 0.6) is 5.75 Å². The van der Waals surface area contributed by atoms with Gasteiger partial charge in [0.1, 0.15) is 0 Å². The smallest absolute Gasteiger partial charge is 0.243 e. The second kappa shape index (κ2) is 9.17. The molecule has 112 valence electrons. The van der Waals surface area contributed by atoms with Crippen LogP contribution in [-0.2, 0) is 9.68 Å². The number of hydrogen-bond acceptors (Lipinski definition) is 5. The second-order valence-corrected chi connectivity index (χ2v) is 4.64. The van der Waals surface area contributed by atoms with E-state index in [1.54, 1.807) is 5.48 Å². The molecule has 1 amide bonds. The maximum Gasteiger partial charge on any atom is 0.243 e. The third-order valence-corrected chi connectivity index (χ3v) is 2.76. The van der Waals surface area contributed by atoms with E-state index in [0.29, 0.717) is 25.2 Å². The highest BCUT2D eigenvalue weighted by atomic mass is 17.2. The lowest BCUT2D eigenvalue weighted by Crippen LogP contribution is -2.17. The third kappa shape index (κ3) is 6.40. The Hall–Kier alpha value is -1.79. The second-order valence-electron chi connectivity index (χ2n) is 4.64. The average molecular weight is 282 g/mol. The van der Waals surface area contributed by atoms with Crippen molar-refractivity contribution in [2.45, 2.75) is 25.7 Å². The van der Waals surface area contributed by atoms with E-state index in [1.807, 2.05) is 43.3 Å². The highest BCUT2D eigenvalue weighted by molar-refractivity contribution is 5.74. The first-order chi connectivity index (χ1) is 9.63. The van der Waals surface area contributed by atoms with Crippen molar-refractivity contribution in [3.8, 4) is 5.75 Å². The Bertz CT molecular complexity index is 393. The molecule has 0 radical (unpaired) electrons. The van der Waals surface area contributed by atoms with Crippen LogP contribution < -0.4 is 15.3 Å². The molecule has 1 rings (SSSR count). The summed E-state index contributed by atoms with van der Waals surface area (Å²) in [5.74, 6) is 0.304. The average Bonchev–Trinajstić information content (AvgIpc) is 2.46. The molecule has 1 aromatic rings. The highest BCUT2D eigenvalue weighted by Gasteiger charge is 2.00. The van der Waals surface area contributed by atoms with Gasteiger partial charge in [-0.05, 0) is 37.1 Å². The molecule has 1 aromatic carbocycles. The predicted molar refractivity (Wildman–Crippen MR) is 75.7 cm³/mol. The number of carbonyl (C=O) groups excluding carboxylic acids is 1. The Morgan fingerprint density at radius 1 is 1.20 bits per heavy atom. The number of rotatable bonds is 9. The molecule has 0 bridgehead atoms. The van der Waals surface area contributed by atoms with Crippen molar-refractivity contribution >= 4 is 11.6 Å². The van der Waals surface area contributed by atoms with E-state index in [9.17, 15) is 4.79 Å². The van der Waals surface area contributed by atoms with E-state index in [4.69, 9.17) is 15.0 Å². The summed E-state index contributed by atoms with van der Waals surface area (Å²) in [6.45, 7) is 0.468. The number of unbranched alkanes of at least 4 members (excludes halogenated alkanes) is 2. The summed E-state index contributed by atoms with van der Waals surface area (Å²) in [5, 5.41) is 8.31. The normalized spacial score (nSPS) is 10.2. The van der Waals surface area contributed by atoms with Crippen LogP contribution in [0, 0.1) is 0 Å². The number of nitrogens with zero attached hydrogens (tertiary/aromatic N) is 1. The summed E-state index contributed by atoms with van der Waals surface area (Å²) >= 11 is 0. The molecule has 0 atom stereocenters. The monoisotopic (exact) mass is 282 g/mol. The molecule has 0 saturated heterocycles. The SMILES string of the molecule is CN(C)c1ccc(OOCCCCCC(=O)NO)cc1. The first kappa shape index (κ1) is 16.3. The van der Waals surface area contributed by atoms with Gasteiger partial charge in [-0.25, -0.2) is 5.48 Å². The lowest BCUT2D eigenvalue weighted by Gasteiger charge is -2.12. The maximum absolute atomic E-state index is 10.7. The van der Waals surface area contributed by atoms with Crippen LogP contribution in [0.2, 0.25) is 0 Å². The van der Waals surface area contributed by atoms with Crippen LogP contribution in [0.4, 0.5) is 5.69 Å². The van der Waals surface area contributed by atoms with Crippen molar-refractivity contribution in [3.63, 3.8) is 0 Å². The minimum atomic E-state index is -0.358. The van der Waals surface area contributed by atoms with Crippen LogP contribution in [0.25, 0.3) is 0 Å². The van der Waals surface area contributed by atoms with Gasteiger partial charge in [0.25, 0.3) is 0 Å². The summed E-state index contributed by atoms with van der Waals surface area (Å²) in [7, 11) is 3.95. The first-order valence-corrected chi connectivity index (χ1v) is 6.63. The van der Waals surface area contributed by atoms with E-state index in [1.165, 1.54) is 0 Å². The summed E-state index contributed by atoms with van der Waals surface area (Å²) < 4.78 is 0. The standard InChI is InChI=1S/C14H22N2O4/c1-16(2)12-7-9-13(10-8-12)20-19-11-5-3-4-6-14(17)15-18/h7-10,18H,3-6,11H2,1-2H3,(H,15,17). The molecule has 6 nitrogen and oxygen atoms in total. The number of benzene rings is 1. The summed E-state index contributed by atoms with van der Waals surface area (Å²) in [5.41, 5.74) is 2.70. The first-order valence-electron chi connectivity index (χ1n) is 6.63. The van der Waals surface area contributed by atoms with Crippen molar-refractivity contribution in [1.29, 1.82) is 0 Å². The molecule has 0 unspecified atom stereocenters. The number of hydroxylamine groups is 1. The molecule has 0 saturated carbocycles. The number of carbonyl (C=O) groups is 1. The molecule has 0 aliphatic carbocycles. The summed E-state index contributed by atoms with van der Waals surface area (Å²) in [4.78, 5) is 23.0. The zero-order chi connectivity index (χ0) is 14.8. The minimum absolute atomic E-state index is 0.323. The van der Waals surface area contributed by atoms with Gasteiger partial charge in [-0.2, -0.15) is 4.89 Å². The fourth-order valence-electron chi connectivity index (χ4n) is 1.59. The molecule has 2 N–H and O–H groups in total. The number of hydrogen-bond donors (Lipinski definition) is 2. The Kier molecular flexibility index (Phi) is 7.46. The molecule has 6 heteroatoms. The quantitative estimate of drug-likeness (QED) is 0.314. The van der Waals surface area contributed by atoms with Gasteiger partial charge in [-0.15, -0.1) is 0 Å². The van der Waals surface area contributed by atoms with Crippen molar-refractivity contribution in [2.75, 3.05) is 25.6 Å². The fourth-order valence-corrected chi connectivity index (χ4v) is 1.59. The van der Waals surface area contributed by atoms with Crippen molar-refractivity contribution in [3.05, 3.63) is 24.3 Å². The van der Waals surface area contributed by atoms with Gasteiger partial charge >= 0.3 is 0 Å². The van der Waals surface area contributed by atoms with Gasteiger partial charge < -0.3 is 9.79 Å². The Labute approximate surface area is 119 Å². The zero-order valence-corrected chi connectivity index (χ0v) is 12.0. The van der Waals surface area contributed by atoms with Crippen LogP contribution in [-0.4, -0.2) is 31.8 Å². The van der Waals surface area contributed by atoms with Gasteiger partial charge in [0, 0.05) is 26.2 Å². The van der Waals surface area contributed by atoms with Gasteiger partial charge in [0.05, 0.1) is 6.61 Å². The topological polar surface area (TPSA) is 71.0 Å². The number of anilines is 1. The molecule has 0 spiro atoms. The van der Waals surface area contributed by atoms with E-state index < -0.39 is 0 Å². The van der Waals surface area contributed by atoms with Gasteiger partial charge in [0.2, 0.25) is 5.91 Å². The third-order valence-electron chi connectivity index (χ3n) is 2.76. The lowest BCUT2D eigenvalue weighted by molar-refractivity contribution is -0.207. The Balaban J connectivity index is 2.08. The molecule has 0 aliphatic heterocycles. The largest absolute Gasteiger partial charge is 0.378 e. The molecule has 0 fully saturated rings. The molecular formula is C14H22N2O4. The van der Waals surface area contributed by atoms with Crippen molar-refractivity contribution in [1.82, 2.24) is 5.48 Å². The van der Waals surface area contributed by atoms with Gasteiger partial charge in [0.15, 0.2) is 5.75 Å². The molecule has 0 aliphatic rings.